The van der Waals surface area contributed by atoms with Crippen LogP contribution >= 0.6 is 24.0 Å². The second-order valence-corrected chi connectivity index (χ2v) is 5.36. The van der Waals surface area contributed by atoms with Crippen molar-refractivity contribution in [1.82, 2.24) is 10.6 Å². The minimum Gasteiger partial charge on any atom is -0.505 e. The smallest absolute Gasteiger partial charge is 0.191 e. The van der Waals surface area contributed by atoms with Crippen LogP contribution in [0.25, 0.3) is 0 Å². The molecular formula is C14H23FIN3O. The van der Waals surface area contributed by atoms with E-state index in [1.54, 1.807) is 6.07 Å². The van der Waals surface area contributed by atoms with E-state index in [1.807, 2.05) is 27.7 Å². The van der Waals surface area contributed by atoms with Crippen LogP contribution in [0.3, 0.4) is 0 Å². The summed E-state index contributed by atoms with van der Waals surface area (Å²) in [5.74, 6) is -0.280. The number of halogens is 2. The van der Waals surface area contributed by atoms with Crippen LogP contribution in [0.1, 0.15) is 33.3 Å². The predicted octanol–water partition coefficient (Wildman–Crippen LogP) is 3.00. The van der Waals surface area contributed by atoms with Gasteiger partial charge in [-0.15, -0.1) is 24.0 Å². The molecule has 0 fully saturated rings. The zero-order valence-corrected chi connectivity index (χ0v) is 14.7. The van der Waals surface area contributed by atoms with E-state index in [1.165, 1.54) is 12.1 Å². The van der Waals surface area contributed by atoms with Crippen molar-refractivity contribution >= 4 is 29.9 Å². The predicted molar refractivity (Wildman–Crippen MR) is 91.2 cm³/mol. The highest BCUT2D eigenvalue weighted by Crippen LogP contribution is 2.16. The maximum absolute atomic E-state index is 13.2. The Morgan fingerprint density at radius 1 is 1.35 bits per heavy atom. The van der Waals surface area contributed by atoms with Crippen LogP contribution < -0.4 is 10.6 Å². The number of phenols is 1. The molecule has 0 aromatic heterocycles. The second kappa shape index (κ2) is 8.28. The monoisotopic (exact) mass is 395 g/mol. The lowest BCUT2D eigenvalue weighted by atomic mass is 10.1. The van der Waals surface area contributed by atoms with E-state index in [0.29, 0.717) is 18.1 Å². The molecule has 1 aromatic rings. The van der Waals surface area contributed by atoms with Crippen molar-refractivity contribution in [3.63, 3.8) is 0 Å². The average molecular weight is 395 g/mol. The molecule has 6 heteroatoms. The lowest BCUT2D eigenvalue weighted by Gasteiger charge is -2.23. The maximum atomic E-state index is 13.2. The Hall–Kier alpha value is -1.05. The van der Waals surface area contributed by atoms with E-state index in [2.05, 4.69) is 15.6 Å². The molecule has 0 amide bonds. The lowest BCUT2D eigenvalue weighted by molar-refractivity contribution is 0.432. The Balaban J connectivity index is 0.00000361. The summed E-state index contributed by atoms with van der Waals surface area (Å²) in [4.78, 5) is 4.39. The molecule has 1 aromatic carbocycles. The van der Waals surface area contributed by atoms with Crippen LogP contribution in [0.2, 0.25) is 0 Å². The fraction of sp³-hybridized carbons (Fsp3) is 0.500. The normalized spacial score (nSPS) is 11.8. The summed E-state index contributed by atoms with van der Waals surface area (Å²) >= 11 is 0. The summed E-state index contributed by atoms with van der Waals surface area (Å²) in [5, 5.41) is 15.5. The molecule has 0 aliphatic carbocycles. The van der Waals surface area contributed by atoms with Gasteiger partial charge in [-0.2, -0.15) is 0 Å². The van der Waals surface area contributed by atoms with Crippen molar-refractivity contribution in [2.45, 2.75) is 39.8 Å². The topological polar surface area (TPSA) is 56.7 Å². The van der Waals surface area contributed by atoms with Gasteiger partial charge < -0.3 is 15.7 Å². The largest absolute Gasteiger partial charge is 0.505 e. The molecule has 3 N–H and O–H groups in total. The molecule has 114 valence electrons. The van der Waals surface area contributed by atoms with Crippen LogP contribution in [0, 0.1) is 5.82 Å². The molecule has 4 nitrogen and oxygen atoms in total. The van der Waals surface area contributed by atoms with Gasteiger partial charge in [0.05, 0.1) is 6.54 Å². The number of hydrogen-bond donors (Lipinski definition) is 3. The van der Waals surface area contributed by atoms with E-state index >= 15 is 0 Å². The zero-order chi connectivity index (χ0) is 14.5. The van der Waals surface area contributed by atoms with E-state index in [0.717, 1.165) is 6.54 Å². The first-order chi connectivity index (χ1) is 8.81. The van der Waals surface area contributed by atoms with Gasteiger partial charge in [-0.3, -0.25) is 0 Å². The van der Waals surface area contributed by atoms with Crippen LogP contribution in [-0.2, 0) is 6.54 Å². The van der Waals surface area contributed by atoms with Crippen molar-refractivity contribution < 1.29 is 9.50 Å². The minimum absolute atomic E-state index is 0. The van der Waals surface area contributed by atoms with E-state index < -0.39 is 5.82 Å². The molecular weight excluding hydrogens is 372 g/mol. The molecule has 0 heterocycles. The molecule has 0 aliphatic rings. The van der Waals surface area contributed by atoms with Gasteiger partial charge >= 0.3 is 0 Å². The third-order valence-corrected chi connectivity index (χ3v) is 2.27. The zero-order valence-electron chi connectivity index (χ0n) is 12.3. The van der Waals surface area contributed by atoms with Gasteiger partial charge in [-0.25, -0.2) is 9.38 Å². The number of phenolic OH excluding ortho intramolecular Hbond substituents is 1. The average Bonchev–Trinajstić information content (AvgIpc) is 2.29. The van der Waals surface area contributed by atoms with Crippen molar-refractivity contribution in [2.75, 3.05) is 6.54 Å². The molecule has 1 rings (SSSR count). The fourth-order valence-corrected chi connectivity index (χ4v) is 1.48. The molecule has 0 unspecified atom stereocenters. The summed E-state index contributed by atoms with van der Waals surface area (Å²) in [6, 6.07) is 4.28. The van der Waals surface area contributed by atoms with Gasteiger partial charge in [0.2, 0.25) is 0 Å². The van der Waals surface area contributed by atoms with Crippen molar-refractivity contribution in [1.29, 1.82) is 0 Å². The van der Waals surface area contributed by atoms with Crippen molar-refractivity contribution in [3.8, 4) is 5.75 Å². The Labute approximate surface area is 136 Å². The number of benzene rings is 1. The van der Waals surface area contributed by atoms with Gasteiger partial charge in [-0.05, 0) is 45.4 Å². The SMILES string of the molecule is CCNC(=NCc1ccc(O)c(F)c1)NC(C)(C)C.I. The first-order valence-corrected chi connectivity index (χ1v) is 6.35. The van der Waals surface area contributed by atoms with Crippen molar-refractivity contribution in [3.05, 3.63) is 29.6 Å². The van der Waals surface area contributed by atoms with Gasteiger partial charge in [0.25, 0.3) is 0 Å². The third kappa shape index (κ3) is 6.93. The van der Waals surface area contributed by atoms with Crippen LogP contribution in [0.5, 0.6) is 5.75 Å². The summed E-state index contributed by atoms with van der Waals surface area (Å²) in [7, 11) is 0. The molecule has 0 saturated carbocycles. The number of nitrogens with zero attached hydrogens (tertiary/aromatic N) is 1. The van der Waals surface area contributed by atoms with Gasteiger partial charge in [0.15, 0.2) is 17.5 Å². The summed E-state index contributed by atoms with van der Waals surface area (Å²) in [5.41, 5.74) is 0.614. The molecule has 20 heavy (non-hydrogen) atoms. The number of aromatic hydroxyl groups is 1. The Bertz CT molecular complexity index is 458. The summed E-state index contributed by atoms with van der Waals surface area (Å²) in [6.45, 7) is 9.22. The van der Waals surface area contributed by atoms with Gasteiger partial charge in [0, 0.05) is 12.1 Å². The first-order valence-electron chi connectivity index (χ1n) is 6.35. The first kappa shape index (κ1) is 18.9. The van der Waals surface area contributed by atoms with Crippen LogP contribution in [0.4, 0.5) is 4.39 Å². The van der Waals surface area contributed by atoms with Gasteiger partial charge in [0.1, 0.15) is 0 Å². The molecule has 0 aliphatic heterocycles. The summed E-state index contributed by atoms with van der Waals surface area (Å²) in [6.07, 6.45) is 0. The number of guanidine groups is 1. The minimum atomic E-state index is -0.624. The quantitative estimate of drug-likeness (QED) is 0.419. The highest BCUT2D eigenvalue weighted by molar-refractivity contribution is 14.0. The summed E-state index contributed by atoms with van der Waals surface area (Å²) < 4.78 is 13.2. The standard InChI is InChI=1S/C14H22FN3O.HI/c1-5-16-13(18-14(2,3)4)17-9-10-6-7-12(19)11(15)8-10;/h6-8,19H,5,9H2,1-4H3,(H2,16,17,18);1H. The lowest BCUT2D eigenvalue weighted by Crippen LogP contribution is -2.47. The number of aliphatic imine (C=N–C) groups is 1. The van der Waals surface area contributed by atoms with E-state index in [-0.39, 0.29) is 35.3 Å². The van der Waals surface area contributed by atoms with Crippen molar-refractivity contribution in [2.24, 2.45) is 4.99 Å². The van der Waals surface area contributed by atoms with E-state index in [4.69, 9.17) is 5.11 Å². The van der Waals surface area contributed by atoms with E-state index in [9.17, 15) is 4.39 Å². The highest BCUT2D eigenvalue weighted by atomic mass is 127. The molecule has 0 bridgehead atoms. The molecule has 0 spiro atoms. The number of rotatable bonds is 3. The molecule has 0 atom stereocenters. The Morgan fingerprint density at radius 2 is 2.00 bits per heavy atom. The Kier molecular flexibility index (Phi) is 7.85. The molecule has 0 radical (unpaired) electrons. The Morgan fingerprint density at radius 3 is 2.50 bits per heavy atom. The number of nitrogens with one attached hydrogen (secondary N) is 2. The maximum Gasteiger partial charge on any atom is 0.191 e. The third-order valence-electron chi connectivity index (χ3n) is 2.27. The van der Waals surface area contributed by atoms with Gasteiger partial charge in [-0.1, -0.05) is 6.07 Å². The van der Waals surface area contributed by atoms with Crippen LogP contribution in [0.15, 0.2) is 23.2 Å². The second-order valence-electron chi connectivity index (χ2n) is 5.36. The highest BCUT2D eigenvalue weighted by Gasteiger charge is 2.11. The fourth-order valence-electron chi connectivity index (χ4n) is 1.48. The number of hydrogen-bond acceptors (Lipinski definition) is 2. The van der Waals surface area contributed by atoms with Crippen LogP contribution in [-0.4, -0.2) is 23.1 Å². The molecule has 0 saturated heterocycles.